The highest BCUT2D eigenvalue weighted by atomic mass is 19.1. The molecule has 2 N–H and O–H groups in total. The lowest BCUT2D eigenvalue weighted by Gasteiger charge is -2.32. The number of likely N-dealkylation sites (tertiary alicyclic amines) is 1. The molecule has 1 aromatic heterocycles. The highest BCUT2D eigenvalue weighted by molar-refractivity contribution is 5.84. The van der Waals surface area contributed by atoms with E-state index in [4.69, 9.17) is 9.72 Å². The molecule has 0 amide bonds. The topological polar surface area (TPSA) is 53.2 Å². The van der Waals surface area contributed by atoms with Gasteiger partial charge in [0.2, 0.25) is 0 Å². The molecule has 0 aliphatic carbocycles. The molecule has 0 atom stereocenters. The van der Waals surface area contributed by atoms with E-state index in [1.807, 2.05) is 7.05 Å². The minimum Gasteiger partial charge on any atom is -0.496 e. The number of nitrogens with one attached hydrogen (secondary N) is 2. The van der Waals surface area contributed by atoms with Crippen LogP contribution in [0, 0.1) is 12.7 Å². The van der Waals surface area contributed by atoms with Gasteiger partial charge in [-0.25, -0.2) is 9.37 Å². The van der Waals surface area contributed by atoms with Gasteiger partial charge in [0.25, 0.3) is 0 Å². The lowest BCUT2D eigenvalue weighted by atomic mass is 9.88. The predicted molar refractivity (Wildman–Crippen MR) is 115 cm³/mol. The number of benzene rings is 2. The number of ether oxygens (including phenoxy) is 1. The van der Waals surface area contributed by atoms with Crippen molar-refractivity contribution in [3.63, 3.8) is 0 Å². The number of methoxy groups -OCH3 is 1. The fraction of sp³-hybridized carbons (Fsp3) is 0.435. The van der Waals surface area contributed by atoms with Crippen molar-refractivity contribution < 1.29 is 9.13 Å². The smallest absolute Gasteiger partial charge is 0.142 e. The molecule has 0 unspecified atom stereocenters. The van der Waals surface area contributed by atoms with E-state index < -0.39 is 0 Å². The maximum Gasteiger partial charge on any atom is 0.142 e. The first-order valence-electron chi connectivity index (χ1n) is 10.3. The summed E-state index contributed by atoms with van der Waals surface area (Å²) in [4.78, 5) is 10.7. The van der Waals surface area contributed by atoms with Crippen molar-refractivity contribution in [1.29, 1.82) is 0 Å². The van der Waals surface area contributed by atoms with Crippen molar-refractivity contribution >= 4 is 11.0 Å². The van der Waals surface area contributed by atoms with Crippen molar-refractivity contribution in [3.8, 4) is 17.1 Å². The molecule has 1 aliphatic heterocycles. The van der Waals surface area contributed by atoms with Crippen molar-refractivity contribution in [2.24, 2.45) is 0 Å². The number of aryl methyl sites for hydroxylation is 1. The highest BCUT2D eigenvalue weighted by Crippen LogP contribution is 2.34. The van der Waals surface area contributed by atoms with Gasteiger partial charge in [0, 0.05) is 13.1 Å². The van der Waals surface area contributed by atoms with E-state index in [0.29, 0.717) is 23.1 Å². The number of hydrogen-bond acceptors (Lipinski definition) is 4. The lowest BCUT2D eigenvalue weighted by molar-refractivity contribution is 0.214. The molecule has 1 aliphatic rings. The Labute approximate surface area is 171 Å². The summed E-state index contributed by atoms with van der Waals surface area (Å²) in [5.74, 6) is 1.51. The summed E-state index contributed by atoms with van der Waals surface area (Å²) in [6.07, 6.45) is 2.35. The molecule has 4 rings (SSSR count). The van der Waals surface area contributed by atoms with E-state index in [1.165, 1.54) is 30.5 Å². The maximum absolute atomic E-state index is 13.8. The van der Waals surface area contributed by atoms with Crippen molar-refractivity contribution in [3.05, 3.63) is 47.3 Å². The molecular formula is C23H29FN4O. The Hall–Kier alpha value is -2.44. The Bertz CT molecular complexity index is 992. The van der Waals surface area contributed by atoms with Crippen LogP contribution >= 0.6 is 0 Å². The van der Waals surface area contributed by atoms with Crippen LogP contribution in [0.25, 0.3) is 22.4 Å². The third kappa shape index (κ3) is 4.14. The Morgan fingerprint density at radius 3 is 2.76 bits per heavy atom. The van der Waals surface area contributed by atoms with Crippen molar-refractivity contribution in [1.82, 2.24) is 20.2 Å². The molecule has 0 spiro atoms. The molecule has 154 valence electrons. The SMILES string of the molecule is CNCCN1CCC(c2cc(C)c3nc(-c4cc(F)ccc4OC)[nH]c3c2)CC1. The van der Waals surface area contributed by atoms with Gasteiger partial charge in [-0.3, -0.25) is 0 Å². The van der Waals surface area contributed by atoms with Crippen LogP contribution in [0.1, 0.15) is 29.9 Å². The Balaban J connectivity index is 1.61. The van der Waals surface area contributed by atoms with E-state index in [9.17, 15) is 4.39 Å². The molecule has 0 bridgehead atoms. The number of H-pyrrole nitrogens is 1. The molecule has 1 fully saturated rings. The lowest BCUT2D eigenvalue weighted by Crippen LogP contribution is -2.37. The Morgan fingerprint density at radius 1 is 1.24 bits per heavy atom. The van der Waals surface area contributed by atoms with Crippen LogP contribution in [-0.4, -0.2) is 55.2 Å². The van der Waals surface area contributed by atoms with Crippen molar-refractivity contribution in [2.75, 3.05) is 40.3 Å². The molecule has 2 heterocycles. The van der Waals surface area contributed by atoms with Crippen LogP contribution in [0.3, 0.4) is 0 Å². The Kier molecular flexibility index (Phi) is 5.83. The number of imidazole rings is 1. The fourth-order valence-corrected chi connectivity index (χ4v) is 4.31. The third-order valence-electron chi connectivity index (χ3n) is 5.95. The largest absolute Gasteiger partial charge is 0.496 e. The molecule has 2 aromatic carbocycles. The maximum atomic E-state index is 13.8. The number of aromatic nitrogens is 2. The molecule has 0 saturated carbocycles. The van der Waals surface area contributed by atoms with E-state index >= 15 is 0 Å². The number of nitrogens with zero attached hydrogens (tertiary/aromatic N) is 2. The molecule has 5 nitrogen and oxygen atoms in total. The number of piperidine rings is 1. The van der Waals surface area contributed by atoms with Gasteiger partial charge >= 0.3 is 0 Å². The molecule has 1 saturated heterocycles. The summed E-state index contributed by atoms with van der Waals surface area (Å²) >= 11 is 0. The van der Waals surface area contributed by atoms with Crippen LogP contribution in [0.15, 0.2) is 30.3 Å². The number of fused-ring (bicyclic) bond motifs is 1. The molecule has 0 radical (unpaired) electrons. The average Bonchev–Trinajstić information content (AvgIpc) is 3.17. The van der Waals surface area contributed by atoms with E-state index in [0.717, 1.165) is 42.8 Å². The van der Waals surface area contributed by atoms with E-state index in [1.54, 1.807) is 13.2 Å². The first-order chi connectivity index (χ1) is 14.1. The monoisotopic (exact) mass is 396 g/mol. The zero-order valence-electron chi connectivity index (χ0n) is 17.4. The number of hydrogen-bond donors (Lipinski definition) is 2. The normalized spacial score (nSPS) is 15.9. The summed E-state index contributed by atoms with van der Waals surface area (Å²) in [5.41, 5.74) is 5.08. The van der Waals surface area contributed by atoms with Gasteiger partial charge < -0.3 is 19.9 Å². The van der Waals surface area contributed by atoms with Gasteiger partial charge in [0.15, 0.2) is 0 Å². The van der Waals surface area contributed by atoms with Gasteiger partial charge in [-0.2, -0.15) is 0 Å². The second kappa shape index (κ2) is 8.51. The van der Waals surface area contributed by atoms with Crippen LogP contribution in [0.4, 0.5) is 4.39 Å². The van der Waals surface area contributed by atoms with Crippen LogP contribution in [0.5, 0.6) is 5.75 Å². The second-order valence-corrected chi connectivity index (χ2v) is 7.88. The van der Waals surface area contributed by atoms with Gasteiger partial charge in [0.1, 0.15) is 17.4 Å². The van der Waals surface area contributed by atoms with Gasteiger partial charge in [-0.1, -0.05) is 6.07 Å². The zero-order chi connectivity index (χ0) is 20.4. The van der Waals surface area contributed by atoms with Crippen molar-refractivity contribution in [2.45, 2.75) is 25.7 Å². The number of halogens is 1. The summed E-state index contributed by atoms with van der Waals surface area (Å²) < 4.78 is 19.2. The van der Waals surface area contributed by atoms with E-state index in [2.05, 4.69) is 34.3 Å². The summed E-state index contributed by atoms with van der Waals surface area (Å²) in [5, 5.41) is 3.23. The molecular weight excluding hydrogens is 367 g/mol. The quantitative estimate of drug-likeness (QED) is 0.659. The Morgan fingerprint density at radius 2 is 2.03 bits per heavy atom. The third-order valence-corrected chi connectivity index (χ3v) is 5.95. The predicted octanol–water partition coefficient (Wildman–Crippen LogP) is 4.08. The van der Waals surface area contributed by atoms with Crippen LogP contribution in [0.2, 0.25) is 0 Å². The minimum absolute atomic E-state index is 0.302. The first kappa shape index (κ1) is 19.9. The number of rotatable bonds is 6. The second-order valence-electron chi connectivity index (χ2n) is 7.88. The van der Waals surface area contributed by atoms with Crippen LogP contribution < -0.4 is 10.1 Å². The van der Waals surface area contributed by atoms with Gasteiger partial charge in [0.05, 0.1) is 23.7 Å². The summed E-state index contributed by atoms with van der Waals surface area (Å²) in [7, 11) is 3.59. The van der Waals surface area contributed by atoms with Crippen LogP contribution in [-0.2, 0) is 0 Å². The van der Waals surface area contributed by atoms with Gasteiger partial charge in [-0.05, 0) is 81.2 Å². The number of aromatic amines is 1. The van der Waals surface area contributed by atoms with Gasteiger partial charge in [-0.15, -0.1) is 0 Å². The minimum atomic E-state index is -0.302. The zero-order valence-corrected chi connectivity index (χ0v) is 17.4. The van der Waals surface area contributed by atoms with E-state index in [-0.39, 0.29) is 5.82 Å². The highest BCUT2D eigenvalue weighted by Gasteiger charge is 2.22. The average molecular weight is 397 g/mol. The molecule has 6 heteroatoms. The molecule has 3 aromatic rings. The first-order valence-corrected chi connectivity index (χ1v) is 10.3. The standard InChI is InChI=1S/C23H29FN4O/c1-15-12-17(16-6-9-28(10-7-16)11-8-25-2)13-20-22(15)27-23(26-20)19-14-18(24)4-5-21(19)29-3/h4-5,12-14,16,25H,6-11H2,1-3H3,(H,26,27). The summed E-state index contributed by atoms with van der Waals surface area (Å²) in [6, 6.07) is 8.99. The fourth-order valence-electron chi connectivity index (χ4n) is 4.31. The summed E-state index contributed by atoms with van der Waals surface area (Å²) in [6.45, 7) is 6.52. The molecule has 29 heavy (non-hydrogen) atoms. The number of likely N-dealkylation sites (N-methyl/N-ethyl adjacent to an activating group) is 1.